The van der Waals surface area contributed by atoms with Gasteiger partial charge in [-0.1, -0.05) is 0 Å². The van der Waals surface area contributed by atoms with Crippen LogP contribution in [0.4, 0.5) is 17.5 Å². The van der Waals surface area contributed by atoms with Crippen molar-refractivity contribution < 1.29 is 9.47 Å². The van der Waals surface area contributed by atoms with Crippen molar-refractivity contribution in [3.63, 3.8) is 0 Å². The highest BCUT2D eigenvalue weighted by Crippen LogP contribution is 2.31. The maximum absolute atomic E-state index is 6.18. The molecule has 5 heterocycles. The Morgan fingerprint density at radius 1 is 1.00 bits per heavy atom. The topological polar surface area (TPSA) is 106 Å². The lowest BCUT2D eigenvalue weighted by Crippen LogP contribution is -2.58. The summed E-state index contributed by atoms with van der Waals surface area (Å²) in [6, 6.07) is 12.3. The molecule has 0 aliphatic carbocycles. The number of morpholine rings is 1. The lowest BCUT2D eigenvalue weighted by atomic mass is 10.1. The van der Waals surface area contributed by atoms with Crippen LogP contribution in [0, 0.1) is 6.92 Å². The summed E-state index contributed by atoms with van der Waals surface area (Å²) in [6.07, 6.45) is 5.11. The van der Waals surface area contributed by atoms with Crippen LogP contribution in [0.3, 0.4) is 0 Å². The van der Waals surface area contributed by atoms with Crippen molar-refractivity contribution in [3.8, 4) is 11.5 Å². The van der Waals surface area contributed by atoms with Gasteiger partial charge in [0.25, 0.3) is 0 Å². The van der Waals surface area contributed by atoms with Gasteiger partial charge < -0.3 is 24.3 Å². The first kappa shape index (κ1) is 23.7. The second-order valence-electron chi connectivity index (χ2n) is 10.1. The molecule has 5 aromatic rings. The number of piperazine rings is 1. The van der Waals surface area contributed by atoms with E-state index in [9.17, 15) is 0 Å². The highest BCUT2D eigenvalue weighted by atomic mass is 16.5. The van der Waals surface area contributed by atoms with Crippen LogP contribution in [0.25, 0.3) is 22.1 Å². The minimum Gasteiger partial charge on any atom is -0.457 e. The predicted octanol–water partition coefficient (Wildman–Crippen LogP) is 3.67. The van der Waals surface area contributed by atoms with Gasteiger partial charge in [-0.2, -0.15) is 0 Å². The number of fused-ring (bicyclic) bond motifs is 3. The molecule has 198 valence electrons. The highest BCUT2D eigenvalue weighted by molar-refractivity contribution is 5.87. The number of benzene rings is 2. The van der Waals surface area contributed by atoms with Crippen LogP contribution >= 0.6 is 0 Å². The molecule has 1 N–H and O–H groups in total. The Kier molecular flexibility index (Phi) is 5.94. The van der Waals surface area contributed by atoms with Crippen LogP contribution in [-0.4, -0.2) is 79.8 Å². The number of hydrogen-bond acceptors (Lipinski definition) is 10. The number of aromatic nitrogens is 6. The fraction of sp³-hybridized carbons (Fsp3) is 0.321. The lowest BCUT2D eigenvalue weighted by Gasteiger charge is -2.43. The van der Waals surface area contributed by atoms with E-state index in [0.717, 1.165) is 73.2 Å². The Morgan fingerprint density at radius 2 is 1.95 bits per heavy atom. The number of ether oxygens (including phenoxy) is 2. The van der Waals surface area contributed by atoms with E-state index in [0.29, 0.717) is 28.8 Å². The monoisotopic (exact) mass is 523 g/mol. The normalized spacial score (nSPS) is 17.9. The number of hydrogen-bond donors (Lipinski definition) is 1. The highest BCUT2D eigenvalue weighted by Gasteiger charge is 2.30. The average molecular weight is 524 g/mol. The standard InChI is InChI=1S/C28H29N9O2/c1-18-11-19(3-6-25(18)39-21-4-5-24-22(12-21)32-17-35(24)2)33-27-26-23(30-16-31-27)13-29-28(34-26)37-8-7-36-9-10-38-15-20(36)14-37/h3-6,11-13,16-17,20H,7-10,14-15H2,1-2H3,(H,30,31,33). The van der Waals surface area contributed by atoms with Gasteiger partial charge in [-0.3, -0.25) is 4.90 Å². The van der Waals surface area contributed by atoms with Crippen molar-refractivity contribution >= 4 is 39.5 Å². The molecule has 1 atom stereocenters. The molecule has 11 nitrogen and oxygen atoms in total. The predicted molar refractivity (Wildman–Crippen MR) is 149 cm³/mol. The quantitative estimate of drug-likeness (QED) is 0.367. The molecule has 0 radical (unpaired) electrons. The summed E-state index contributed by atoms with van der Waals surface area (Å²) in [5.41, 5.74) is 5.21. The number of imidazole rings is 1. The first-order valence-electron chi connectivity index (χ1n) is 13.1. The van der Waals surface area contributed by atoms with Crippen molar-refractivity contribution in [2.45, 2.75) is 13.0 Å². The summed E-state index contributed by atoms with van der Waals surface area (Å²) in [5.74, 6) is 2.85. The fourth-order valence-corrected chi connectivity index (χ4v) is 5.30. The molecule has 11 heteroatoms. The average Bonchev–Trinajstić information content (AvgIpc) is 3.34. The molecule has 2 fully saturated rings. The zero-order valence-electron chi connectivity index (χ0n) is 21.9. The summed E-state index contributed by atoms with van der Waals surface area (Å²) in [7, 11) is 1.98. The van der Waals surface area contributed by atoms with E-state index in [2.05, 4.69) is 35.1 Å². The SMILES string of the molecule is Cc1cc(Nc2ncnc3cnc(N4CCN5CCOCC5C4)nc23)ccc1Oc1ccc2c(c1)ncn2C. The smallest absolute Gasteiger partial charge is 0.226 e. The molecule has 0 amide bonds. The maximum atomic E-state index is 6.18. The summed E-state index contributed by atoms with van der Waals surface area (Å²) >= 11 is 0. The van der Waals surface area contributed by atoms with Gasteiger partial charge in [0.05, 0.1) is 42.8 Å². The zero-order valence-corrected chi connectivity index (χ0v) is 21.9. The number of anilines is 3. The van der Waals surface area contributed by atoms with Gasteiger partial charge in [0.1, 0.15) is 28.9 Å². The molecule has 2 aliphatic heterocycles. The first-order chi connectivity index (χ1) is 19.1. The van der Waals surface area contributed by atoms with Gasteiger partial charge in [-0.25, -0.2) is 24.9 Å². The Morgan fingerprint density at radius 3 is 2.87 bits per heavy atom. The van der Waals surface area contributed by atoms with Crippen molar-refractivity contribution in [1.29, 1.82) is 0 Å². The molecule has 2 saturated heterocycles. The number of nitrogens with zero attached hydrogens (tertiary/aromatic N) is 8. The van der Waals surface area contributed by atoms with Gasteiger partial charge in [0, 0.05) is 45.0 Å². The molecule has 1 unspecified atom stereocenters. The van der Waals surface area contributed by atoms with Crippen LogP contribution in [0.5, 0.6) is 11.5 Å². The Bertz CT molecular complexity index is 1670. The van der Waals surface area contributed by atoms with Gasteiger partial charge in [-0.15, -0.1) is 0 Å². The van der Waals surface area contributed by atoms with Crippen molar-refractivity contribution in [1.82, 2.24) is 34.4 Å². The second kappa shape index (κ2) is 9.75. The molecular weight excluding hydrogens is 494 g/mol. The van der Waals surface area contributed by atoms with Crippen molar-refractivity contribution in [2.24, 2.45) is 7.05 Å². The minimum absolute atomic E-state index is 0.367. The van der Waals surface area contributed by atoms with Crippen LogP contribution in [0.1, 0.15) is 5.56 Å². The van der Waals surface area contributed by atoms with Crippen LogP contribution in [-0.2, 0) is 11.8 Å². The van der Waals surface area contributed by atoms with E-state index in [4.69, 9.17) is 14.5 Å². The molecule has 3 aromatic heterocycles. The maximum Gasteiger partial charge on any atom is 0.226 e. The molecule has 0 bridgehead atoms. The van der Waals surface area contributed by atoms with E-state index < -0.39 is 0 Å². The van der Waals surface area contributed by atoms with E-state index in [1.54, 1.807) is 12.5 Å². The number of rotatable bonds is 5. The van der Waals surface area contributed by atoms with Crippen LogP contribution < -0.4 is 15.0 Å². The van der Waals surface area contributed by atoms with E-state index >= 15 is 0 Å². The number of aryl methyl sites for hydroxylation is 2. The summed E-state index contributed by atoms with van der Waals surface area (Å²) in [6.45, 7) is 7.27. The largest absolute Gasteiger partial charge is 0.457 e. The zero-order chi connectivity index (χ0) is 26.3. The van der Waals surface area contributed by atoms with Crippen molar-refractivity contribution in [3.05, 3.63) is 60.8 Å². The van der Waals surface area contributed by atoms with Gasteiger partial charge >= 0.3 is 0 Å². The fourth-order valence-electron chi connectivity index (χ4n) is 5.30. The summed E-state index contributed by atoms with van der Waals surface area (Å²) in [4.78, 5) is 27.5. The Hall–Kier alpha value is -4.35. The molecule has 2 aliphatic rings. The van der Waals surface area contributed by atoms with Crippen LogP contribution in [0.15, 0.2) is 55.2 Å². The lowest BCUT2D eigenvalue weighted by molar-refractivity contribution is -0.0118. The molecule has 2 aromatic carbocycles. The Balaban J connectivity index is 1.11. The van der Waals surface area contributed by atoms with E-state index in [1.807, 2.05) is 54.9 Å². The third kappa shape index (κ3) is 4.59. The van der Waals surface area contributed by atoms with Crippen LogP contribution in [0.2, 0.25) is 0 Å². The second-order valence-corrected chi connectivity index (χ2v) is 10.1. The minimum atomic E-state index is 0.367. The summed E-state index contributed by atoms with van der Waals surface area (Å²) < 4.78 is 13.9. The van der Waals surface area contributed by atoms with E-state index in [1.165, 1.54) is 6.33 Å². The third-order valence-electron chi connectivity index (χ3n) is 7.45. The third-order valence-corrected chi connectivity index (χ3v) is 7.45. The molecule has 7 rings (SSSR count). The Labute approximate surface area is 225 Å². The molecular formula is C28H29N9O2. The summed E-state index contributed by atoms with van der Waals surface area (Å²) in [5, 5.41) is 3.42. The number of nitrogens with one attached hydrogen (secondary N) is 1. The van der Waals surface area contributed by atoms with E-state index in [-0.39, 0.29) is 0 Å². The van der Waals surface area contributed by atoms with Crippen molar-refractivity contribution in [2.75, 3.05) is 49.6 Å². The molecule has 0 saturated carbocycles. The van der Waals surface area contributed by atoms with Gasteiger partial charge in [0.15, 0.2) is 5.82 Å². The molecule has 39 heavy (non-hydrogen) atoms. The first-order valence-corrected chi connectivity index (χ1v) is 13.1. The molecule has 0 spiro atoms. The van der Waals surface area contributed by atoms with Gasteiger partial charge in [-0.05, 0) is 42.8 Å². The van der Waals surface area contributed by atoms with Gasteiger partial charge in [0.2, 0.25) is 5.95 Å².